The maximum absolute atomic E-state index is 13.3. The Morgan fingerprint density at radius 2 is 1.52 bits per heavy atom. The first kappa shape index (κ1) is 22.1. The third-order valence-corrected chi connectivity index (χ3v) is 4.83. The molecule has 0 aliphatic heterocycles. The van der Waals surface area contributed by atoms with Gasteiger partial charge >= 0.3 is 5.69 Å². The zero-order valence-corrected chi connectivity index (χ0v) is 18.1. The zero-order chi connectivity index (χ0) is 22.6. The lowest BCUT2D eigenvalue weighted by Gasteiger charge is -2.28. The van der Waals surface area contributed by atoms with E-state index in [9.17, 15) is 14.4 Å². The van der Waals surface area contributed by atoms with Crippen LogP contribution in [0.15, 0.2) is 70.3 Å². The van der Waals surface area contributed by atoms with Gasteiger partial charge < -0.3 is 10.6 Å². The predicted molar refractivity (Wildman–Crippen MR) is 123 cm³/mol. The standard InChI is InChI=1S/C24H28N4O3/c1-24(2,3)14-19(29)27(15-17-10-6-4-7-11-17)20-21(25)28(23(31)26-22(20)30)16-18-12-8-5-9-13-18/h4-13H,14-16,25H2,1-3H3,(H,26,30,31). The van der Waals surface area contributed by atoms with Crippen molar-refractivity contribution in [2.24, 2.45) is 5.41 Å². The van der Waals surface area contributed by atoms with Gasteiger partial charge in [0.25, 0.3) is 5.56 Å². The molecule has 0 saturated carbocycles. The normalized spacial score (nSPS) is 11.3. The average molecular weight is 421 g/mol. The molecule has 0 aliphatic carbocycles. The van der Waals surface area contributed by atoms with Crippen molar-refractivity contribution < 1.29 is 4.79 Å². The summed E-state index contributed by atoms with van der Waals surface area (Å²) >= 11 is 0. The van der Waals surface area contributed by atoms with Crippen molar-refractivity contribution in [1.82, 2.24) is 9.55 Å². The van der Waals surface area contributed by atoms with Gasteiger partial charge in [-0.25, -0.2) is 4.79 Å². The molecule has 7 heteroatoms. The Hall–Kier alpha value is -3.61. The van der Waals surface area contributed by atoms with Crippen LogP contribution in [0.5, 0.6) is 0 Å². The Balaban J connectivity index is 2.11. The van der Waals surface area contributed by atoms with E-state index < -0.39 is 11.2 Å². The van der Waals surface area contributed by atoms with Gasteiger partial charge in [0.1, 0.15) is 5.82 Å². The summed E-state index contributed by atoms with van der Waals surface area (Å²) in [5, 5.41) is 0. The van der Waals surface area contributed by atoms with Crippen LogP contribution < -0.4 is 21.9 Å². The highest BCUT2D eigenvalue weighted by Gasteiger charge is 2.27. The lowest BCUT2D eigenvalue weighted by molar-refractivity contribution is -0.120. The molecular weight excluding hydrogens is 392 g/mol. The van der Waals surface area contributed by atoms with Crippen molar-refractivity contribution in [3.05, 3.63) is 92.6 Å². The molecule has 1 aromatic heterocycles. The number of carbonyl (C=O) groups excluding carboxylic acids is 1. The number of amides is 1. The molecule has 3 rings (SSSR count). The molecule has 3 aromatic rings. The van der Waals surface area contributed by atoms with E-state index in [1.807, 2.05) is 81.4 Å². The summed E-state index contributed by atoms with van der Waals surface area (Å²) in [6.07, 6.45) is 0.219. The minimum absolute atomic E-state index is 0.00589. The summed E-state index contributed by atoms with van der Waals surface area (Å²) in [6, 6.07) is 18.7. The molecular formula is C24H28N4O3. The Labute approximate surface area is 181 Å². The van der Waals surface area contributed by atoms with Gasteiger partial charge in [-0.1, -0.05) is 81.4 Å². The highest BCUT2D eigenvalue weighted by molar-refractivity contribution is 5.95. The maximum Gasteiger partial charge on any atom is 0.330 e. The number of aromatic amines is 1. The predicted octanol–water partition coefficient (Wildman–Crippen LogP) is 3.14. The number of nitrogens with two attached hydrogens (primary N) is 1. The van der Waals surface area contributed by atoms with Crippen LogP contribution in [-0.4, -0.2) is 15.5 Å². The lowest BCUT2D eigenvalue weighted by atomic mass is 9.91. The van der Waals surface area contributed by atoms with Crippen molar-refractivity contribution in [2.75, 3.05) is 10.6 Å². The number of H-pyrrole nitrogens is 1. The number of hydrogen-bond donors (Lipinski definition) is 2. The summed E-state index contributed by atoms with van der Waals surface area (Å²) < 4.78 is 1.29. The van der Waals surface area contributed by atoms with Crippen molar-refractivity contribution in [1.29, 1.82) is 0 Å². The summed E-state index contributed by atoms with van der Waals surface area (Å²) in [5.41, 5.74) is 6.46. The maximum atomic E-state index is 13.3. The second-order valence-electron chi connectivity index (χ2n) is 8.77. The molecule has 7 nitrogen and oxygen atoms in total. The third-order valence-electron chi connectivity index (χ3n) is 4.83. The van der Waals surface area contributed by atoms with Crippen molar-refractivity contribution in [3.8, 4) is 0 Å². The fourth-order valence-corrected chi connectivity index (χ4v) is 3.37. The molecule has 0 bridgehead atoms. The second kappa shape index (κ2) is 9.04. The Morgan fingerprint density at radius 3 is 2.06 bits per heavy atom. The quantitative estimate of drug-likeness (QED) is 0.640. The first-order chi connectivity index (χ1) is 14.7. The van der Waals surface area contributed by atoms with E-state index in [0.29, 0.717) is 0 Å². The minimum Gasteiger partial charge on any atom is -0.383 e. The highest BCUT2D eigenvalue weighted by atomic mass is 16.2. The number of carbonyl (C=O) groups is 1. The molecule has 0 radical (unpaired) electrons. The fraction of sp³-hybridized carbons (Fsp3) is 0.292. The molecule has 0 unspecified atom stereocenters. The van der Waals surface area contributed by atoms with E-state index in [2.05, 4.69) is 4.98 Å². The first-order valence-corrected chi connectivity index (χ1v) is 10.2. The molecule has 1 amide bonds. The van der Waals surface area contributed by atoms with Crippen LogP contribution in [-0.2, 0) is 17.9 Å². The monoisotopic (exact) mass is 420 g/mol. The molecule has 0 fully saturated rings. The second-order valence-corrected chi connectivity index (χ2v) is 8.77. The molecule has 0 atom stereocenters. The smallest absolute Gasteiger partial charge is 0.330 e. The number of nitrogen functional groups attached to an aromatic ring is 1. The van der Waals surface area contributed by atoms with Gasteiger partial charge in [-0.05, 0) is 16.5 Å². The van der Waals surface area contributed by atoms with Crippen LogP contribution in [0, 0.1) is 5.41 Å². The molecule has 1 heterocycles. The summed E-state index contributed by atoms with van der Waals surface area (Å²) in [6.45, 7) is 6.22. The highest BCUT2D eigenvalue weighted by Crippen LogP contribution is 2.26. The molecule has 162 valence electrons. The molecule has 31 heavy (non-hydrogen) atoms. The number of anilines is 2. The third kappa shape index (κ3) is 5.51. The molecule has 3 N–H and O–H groups in total. The van der Waals surface area contributed by atoms with E-state index in [1.54, 1.807) is 0 Å². The number of benzene rings is 2. The van der Waals surface area contributed by atoms with Gasteiger partial charge in [0, 0.05) is 6.42 Å². The Morgan fingerprint density at radius 1 is 0.968 bits per heavy atom. The number of nitrogens with zero attached hydrogens (tertiary/aromatic N) is 2. The van der Waals surface area contributed by atoms with Crippen LogP contribution in [0.4, 0.5) is 11.5 Å². The molecule has 0 aliphatic rings. The number of hydrogen-bond acceptors (Lipinski definition) is 4. The summed E-state index contributed by atoms with van der Waals surface area (Å²) in [7, 11) is 0. The van der Waals surface area contributed by atoms with E-state index in [-0.39, 0.29) is 42.3 Å². The zero-order valence-electron chi connectivity index (χ0n) is 18.1. The van der Waals surface area contributed by atoms with Crippen LogP contribution in [0.3, 0.4) is 0 Å². The van der Waals surface area contributed by atoms with Crippen LogP contribution >= 0.6 is 0 Å². The van der Waals surface area contributed by atoms with Crippen LogP contribution in [0.1, 0.15) is 38.3 Å². The number of nitrogens with one attached hydrogen (secondary N) is 1. The van der Waals surface area contributed by atoms with Gasteiger partial charge in [-0.2, -0.15) is 0 Å². The molecule has 0 spiro atoms. The van der Waals surface area contributed by atoms with Crippen molar-refractivity contribution in [2.45, 2.75) is 40.3 Å². The minimum atomic E-state index is -0.676. The summed E-state index contributed by atoms with van der Waals surface area (Å²) in [5.74, 6) is -0.269. The topological polar surface area (TPSA) is 101 Å². The molecule has 0 saturated heterocycles. The number of aromatic nitrogens is 2. The van der Waals surface area contributed by atoms with E-state index >= 15 is 0 Å². The van der Waals surface area contributed by atoms with E-state index in [0.717, 1.165) is 11.1 Å². The Bertz CT molecular complexity index is 1160. The van der Waals surface area contributed by atoms with Gasteiger partial charge in [0.15, 0.2) is 5.69 Å². The van der Waals surface area contributed by atoms with Crippen LogP contribution in [0.25, 0.3) is 0 Å². The molecule has 2 aromatic carbocycles. The van der Waals surface area contributed by atoms with E-state index in [4.69, 9.17) is 5.73 Å². The van der Waals surface area contributed by atoms with Crippen LogP contribution in [0.2, 0.25) is 0 Å². The number of rotatable bonds is 6. The Kier molecular flexibility index (Phi) is 6.44. The van der Waals surface area contributed by atoms with E-state index in [1.165, 1.54) is 9.47 Å². The van der Waals surface area contributed by atoms with Gasteiger partial charge in [0.2, 0.25) is 5.91 Å². The van der Waals surface area contributed by atoms with Crippen molar-refractivity contribution in [3.63, 3.8) is 0 Å². The first-order valence-electron chi connectivity index (χ1n) is 10.2. The SMILES string of the molecule is CC(C)(C)CC(=O)N(Cc1ccccc1)c1c(N)n(Cc2ccccc2)c(=O)[nH]c1=O. The lowest BCUT2D eigenvalue weighted by Crippen LogP contribution is -2.41. The van der Waals surface area contributed by atoms with Gasteiger partial charge in [-0.3, -0.25) is 19.1 Å². The van der Waals surface area contributed by atoms with Gasteiger partial charge in [-0.15, -0.1) is 0 Å². The van der Waals surface area contributed by atoms with Crippen molar-refractivity contribution >= 4 is 17.4 Å². The fourth-order valence-electron chi connectivity index (χ4n) is 3.37. The average Bonchev–Trinajstić information content (AvgIpc) is 2.70. The van der Waals surface area contributed by atoms with Gasteiger partial charge in [0.05, 0.1) is 13.1 Å². The largest absolute Gasteiger partial charge is 0.383 e. The summed E-state index contributed by atoms with van der Waals surface area (Å²) in [4.78, 5) is 42.3.